The Kier molecular flexibility index (Phi) is 5.16. The third-order valence-corrected chi connectivity index (χ3v) is 4.78. The second kappa shape index (κ2) is 7.49. The first-order valence-corrected chi connectivity index (χ1v) is 8.32. The van der Waals surface area contributed by atoms with E-state index in [1.807, 2.05) is 11.4 Å². The highest BCUT2D eigenvalue weighted by molar-refractivity contribution is 7.10. The minimum atomic E-state index is -0.412. The van der Waals surface area contributed by atoms with Crippen LogP contribution in [0.4, 0.5) is 11.5 Å². The zero-order chi connectivity index (χ0) is 16.1. The van der Waals surface area contributed by atoms with E-state index in [2.05, 4.69) is 21.3 Å². The number of thiophene rings is 1. The number of nitrogens with one attached hydrogen (secondary N) is 1. The summed E-state index contributed by atoms with van der Waals surface area (Å²) in [5.41, 5.74) is -0.000549. The van der Waals surface area contributed by atoms with Crippen LogP contribution < -0.4 is 5.32 Å². The molecule has 3 heterocycles. The van der Waals surface area contributed by atoms with Gasteiger partial charge < -0.3 is 10.1 Å². The fourth-order valence-electron chi connectivity index (χ4n) is 2.65. The lowest BCUT2D eigenvalue weighted by atomic mass is 10.2. The standard InChI is InChI=1S/C15H18N4O3S/c20-19(21)12-3-1-5-16-15(12)17-11-13(14-4-2-10-23-14)18-6-8-22-9-7-18/h1-5,10,13H,6-9,11H2,(H,16,17). The van der Waals surface area contributed by atoms with E-state index >= 15 is 0 Å². The Morgan fingerprint density at radius 3 is 2.91 bits per heavy atom. The molecule has 0 aromatic carbocycles. The largest absolute Gasteiger partial charge is 0.379 e. The van der Waals surface area contributed by atoms with Crippen LogP contribution in [0.2, 0.25) is 0 Å². The molecule has 7 nitrogen and oxygen atoms in total. The van der Waals surface area contributed by atoms with Gasteiger partial charge in [0.25, 0.3) is 0 Å². The van der Waals surface area contributed by atoms with Crippen LogP contribution in [-0.4, -0.2) is 47.7 Å². The van der Waals surface area contributed by atoms with Gasteiger partial charge in [-0.2, -0.15) is 0 Å². The van der Waals surface area contributed by atoms with E-state index < -0.39 is 4.92 Å². The molecule has 0 aliphatic carbocycles. The van der Waals surface area contributed by atoms with Gasteiger partial charge in [0, 0.05) is 36.8 Å². The number of pyridine rings is 1. The predicted molar refractivity (Wildman–Crippen MR) is 88.8 cm³/mol. The van der Waals surface area contributed by atoms with E-state index in [0.29, 0.717) is 25.6 Å². The number of aromatic nitrogens is 1. The van der Waals surface area contributed by atoms with Gasteiger partial charge in [-0.25, -0.2) is 4.98 Å². The first-order chi connectivity index (χ1) is 11.3. The lowest BCUT2D eigenvalue weighted by Crippen LogP contribution is -2.41. The van der Waals surface area contributed by atoms with Gasteiger partial charge in [-0.1, -0.05) is 6.07 Å². The Bertz CT molecular complexity index is 644. The Labute approximate surface area is 138 Å². The zero-order valence-corrected chi connectivity index (χ0v) is 13.4. The molecule has 122 valence electrons. The molecule has 0 radical (unpaired) electrons. The van der Waals surface area contributed by atoms with Gasteiger partial charge in [-0.3, -0.25) is 15.0 Å². The molecule has 8 heteroatoms. The number of nitrogens with zero attached hydrogens (tertiary/aromatic N) is 3. The average Bonchev–Trinajstić information content (AvgIpc) is 3.10. The average molecular weight is 334 g/mol. The highest BCUT2D eigenvalue weighted by atomic mass is 32.1. The summed E-state index contributed by atoms with van der Waals surface area (Å²) in [4.78, 5) is 18.4. The number of hydrogen-bond donors (Lipinski definition) is 1. The van der Waals surface area contributed by atoms with Crippen molar-refractivity contribution < 1.29 is 9.66 Å². The van der Waals surface area contributed by atoms with Crippen LogP contribution >= 0.6 is 11.3 Å². The summed E-state index contributed by atoms with van der Waals surface area (Å²) in [6, 6.07) is 7.31. The summed E-state index contributed by atoms with van der Waals surface area (Å²) < 4.78 is 5.42. The number of ether oxygens (including phenoxy) is 1. The number of rotatable bonds is 6. The second-order valence-corrected chi connectivity index (χ2v) is 6.17. The third kappa shape index (κ3) is 3.84. The summed E-state index contributed by atoms with van der Waals surface area (Å²) in [6.45, 7) is 3.71. The summed E-state index contributed by atoms with van der Waals surface area (Å²) in [5.74, 6) is 0.312. The van der Waals surface area contributed by atoms with E-state index in [1.165, 1.54) is 10.9 Å². The maximum absolute atomic E-state index is 11.1. The molecule has 1 unspecified atom stereocenters. The fourth-order valence-corrected chi connectivity index (χ4v) is 3.51. The van der Waals surface area contributed by atoms with Crippen molar-refractivity contribution in [3.63, 3.8) is 0 Å². The molecule has 1 aliphatic rings. The lowest BCUT2D eigenvalue weighted by Gasteiger charge is -2.34. The van der Waals surface area contributed by atoms with Gasteiger partial charge in [-0.05, 0) is 17.5 Å². The minimum Gasteiger partial charge on any atom is -0.379 e. The normalized spacial score (nSPS) is 16.9. The van der Waals surface area contributed by atoms with Crippen molar-refractivity contribution in [2.45, 2.75) is 6.04 Å². The van der Waals surface area contributed by atoms with Gasteiger partial charge in [0.05, 0.1) is 24.2 Å². The third-order valence-electron chi connectivity index (χ3n) is 3.80. The van der Waals surface area contributed by atoms with Crippen molar-refractivity contribution in [3.8, 4) is 0 Å². The molecular weight excluding hydrogens is 316 g/mol. The van der Waals surface area contributed by atoms with E-state index in [9.17, 15) is 10.1 Å². The molecule has 1 fully saturated rings. The van der Waals surface area contributed by atoms with Crippen molar-refractivity contribution in [3.05, 3.63) is 50.8 Å². The van der Waals surface area contributed by atoms with E-state index in [4.69, 9.17) is 4.74 Å². The van der Waals surface area contributed by atoms with E-state index in [1.54, 1.807) is 23.6 Å². The van der Waals surface area contributed by atoms with Crippen LogP contribution in [0.1, 0.15) is 10.9 Å². The fraction of sp³-hybridized carbons (Fsp3) is 0.400. The molecule has 0 amide bonds. The quantitative estimate of drug-likeness (QED) is 0.646. The SMILES string of the molecule is O=[N+]([O-])c1cccnc1NCC(c1cccs1)N1CCOCC1. The highest BCUT2D eigenvalue weighted by Crippen LogP contribution is 2.28. The summed E-state index contributed by atoms with van der Waals surface area (Å²) in [5, 5.41) is 16.3. The molecule has 1 aliphatic heterocycles. The molecule has 1 N–H and O–H groups in total. The molecule has 2 aromatic rings. The monoisotopic (exact) mass is 334 g/mol. The van der Waals surface area contributed by atoms with Gasteiger partial charge in [0.2, 0.25) is 5.82 Å². The summed E-state index contributed by atoms with van der Waals surface area (Å²) >= 11 is 1.69. The lowest BCUT2D eigenvalue weighted by molar-refractivity contribution is -0.384. The van der Waals surface area contributed by atoms with Crippen LogP contribution in [0.15, 0.2) is 35.8 Å². The van der Waals surface area contributed by atoms with Crippen LogP contribution in [0.3, 0.4) is 0 Å². The molecule has 0 bridgehead atoms. The molecule has 1 saturated heterocycles. The maximum atomic E-state index is 11.1. The molecule has 3 rings (SSSR count). The number of hydrogen-bond acceptors (Lipinski definition) is 7. The summed E-state index contributed by atoms with van der Waals surface area (Å²) in [6.07, 6.45) is 1.56. The van der Waals surface area contributed by atoms with Crippen LogP contribution in [0.25, 0.3) is 0 Å². The van der Waals surface area contributed by atoms with Crippen molar-refractivity contribution in [1.82, 2.24) is 9.88 Å². The van der Waals surface area contributed by atoms with Gasteiger partial charge in [-0.15, -0.1) is 11.3 Å². The Hall–Kier alpha value is -2.03. The number of anilines is 1. The van der Waals surface area contributed by atoms with E-state index in [0.717, 1.165) is 13.1 Å². The van der Waals surface area contributed by atoms with Crippen LogP contribution in [0, 0.1) is 10.1 Å². The second-order valence-electron chi connectivity index (χ2n) is 5.19. The predicted octanol–water partition coefficient (Wildman–Crippen LogP) is 2.54. The molecule has 23 heavy (non-hydrogen) atoms. The van der Waals surface area contributed by atoms with Crippen molar-refractivity contribution >= 4 is 22.8 Å². The molecule has 0 spiro atoms. The molecule has 0 saturated carbocycles. The van der Waals surface area contributed by atoms with E-state index in [-0.39, 0.29) is 11.7 Å². The first-order valence-electron chi connectivity index (χ1n) is 7.44. The molecule has 1 atom stereocenters. The van der Waals surface area contributed by atoms with Gasteiger partial charge in [0.1, 0.15) is 0 Å². The van der Waals surface area contributed by atoms with Crippen LogP contribution in [-0.2, 0) is 4.74 Å². The van der Waals surface area contributed by atoms with Crippen molar-refractivity contribution in [2.24, 2.45) is 0 Å². The van der Waals surface area contributed by atoms with Gasteiger partial charge in [0.15, 0.2) is 0 Å². The Morgan fingerprint density at radius 2 is 2.22 bits per heavy atom. The zero-order valence-electron chi connectivity index (χ0n) is 12.6. The number of morpholine rings is 1. The minimum absolute atomic E-state index is 0.000549. The summed E-state index contributed by atoms with van der Waals surface area (Å²) in [7, 11) is 0. The Morgan fingerprint density at radius 1 is 1.39 bits per heavy atom. The topological polar surface area (TPSA) is 80.5 Å². The van der Waals surface area contributed by atoms with Gasteiger partial charge >= 0.3 is 5.69 Å². The molecular formula is C15H18N4O3S. The first kappa shape index (κ1) is 15.9. The van der Waals surface area contributed by atoms with Crippen molar-refractivity contribution in [2.75, 3.05) is 38.2 Å². The Balaban J connectivity index is 1.75. The maximum Gasteiger partial charge on any atom is 0.311 e. The molecule has 2 aromatic heterocycles. The smallest absolute Gasteiger partial charge is 0.311 e. The van der Waals surface area contributed by atoms with Crippen LogP contribution in [0.5, 0.6) is 0 Å². The van der Waals surface area contributed by atoms with Crippen molar-refractivity contribution in [1.29, 1.82) is 0 Å². The highest BCUT2D eigenvalue weighted by Gasteiger charge is 2.24. The number of nitro groups is 1.